The van der Waals surface area contributed by atoms with Crippen molar-refractivity contribution < 1.29 is 19.1 Å². The van der Waals surface area contributed by atoms with Crippen LogP contribution in [0.15, 0.2) is 144 Å². The standard InChI is InChI=1S/C38H32ClN3O4S/c1-26(36(43)40-31-19-17-30(39)18-20-31)47-34-14-8-13-32(24-34)41-38(45)35(42-37(44)29-11-6-3-7-12-29)23-27-15-21-33(22-16-27)46-25-28-9-4-2-5-10-28/h2-24,26H,25H2,1H3,(H,40,43)(H,41,45)(H,42,44)/b35-23-. The highest BCUT2D eigenvalue weighted by Gasteiger charge is 2.17. The van der Waals surface area contributed by atoms with E-state index in [1.165, 1.54) is 11.8 Å². The zero-order chi connectivity index (χ0) is 33.0. The molecule has 0 radical (unpaired) electrons. The highest BCUT2D eigenvalue weighted by molar-refractivity contribution is 8.00. The molecule has 9 heteroatoms. The van der Waals surface area contributed by atoms with Crippen molar-refractivity contribution in [3.05, 3.63) is 161 Å². The number of thioether (sulfide) groups is 1. The fraction of sp³-hybridized carbons (Fsp3) is 0.0789. The number of hydrogen-bond donors (Lipinski definition) is 3. The van der Waals surface area contributed by atoms with E-state index in [1.54, 1.807) is 79.7 Å². The van der Waals surface area contributed by atoms with E-state index in [0.29, 0.717) is 39.9 Å². The van der Waals surface area contributed by atoms with Crippen molar-refractivity contribution in [2.45, 2.75) is 23.7 Å². The van der Waals surface area contributed by atoms with Crippen molar-refractivity contribution in [2.24, 2.45) is 0 Å². The number of anilines is 2. The molecule has 47 heavy (non-hydrogen) atoms. The van der Waals surface area contributed by atoms with Gasteiger partial charge in [0, 0.05) is 26.9 Å². The first-order chi connectivity index (χ1) is 22.8. The molecule has 236 valence electrons. The molecule has 3 amide bonds. The van der Waals surface area contributed by atoms with Gasteiger partial charge in [0.15, 0.2) is 0 Å². The lowest BCUT2D eigenvalue weighted by Gasteiger charge is -2.14. The van der Waals surface area contributed by atoms with Crippen LogP contribution in [0.4, 0.5) is 11.4 Å². The predicted molar refractivity (Wildman–Crippen MR) is 190 cm³/mol. The molecule has 5 aromatic rings. The maximum Gasteiger partial charge on any atom is 0.272 e. The van der Waals surface area contributed by atoms with Gasteiger partial charge in [0.1, 0.15) is 18.1 Å². The monoisotopic (exact) mass is 661 g/mol. The molecule has 0 aromatic heterocycles. The summed E-state index contributed by atoms with van der Waals surface area (Å²) in [6, 6.07) is 39.9. The van der Waals surface area contributed by atoms with Crippen molar-refractivity contribution in [2.75, 3.05) is 10.6 Å². The summed E-state index contributed by atoms with van der Waals surface area (Å²) in [6.07, 6.45) is 1.61. The average Bonchev–Trinajstić information content (AvgIpc) is 3.09. The summed E-state index contributed by atoms with van der Waals surface area (Å²) in [5, 5.41) is 8.70. The Bertz CT molecular complexity index is 1850. The van der Waals surface area contributed by atoms with E-state index < -0.39 is 17.1 Å². The zero-order valence-electron chi connectivity index (χ0n) is 25.5. The van der Waals surface area contributed by atoms with Crippen LogP contribution in [-0.2, 0) is 16.2 Å². The van der Waals surface area contributed by atoms with Gasteiger partial charge in [-0.1, -0.05) is 78.3 Å². The Hall–Kier alpha value is -5.31. The number of benzene rings is 5. The number of carbonyl (C=O) groups is 3. The third-order valence-corrected chi connectivity index (χ3v) is 8.20. The molecular formula is C38H32ClN3O4S. The highest BCUT2D eigenvalue weighted by Crippen LogP contribution is 2.27. The molecule has 7 nitrogen and oxygen atoms in total. The molecule has 0 saturated heterocycles. The van der Waals surface area contributed by atoms with Crippen molar-refractivity contribution in [1.82, 2.24) is 5.32 Å². The van der Waals surface area contributed by atoms with Gasteiger partial charge in [-0.25, -0.2) is 0 Å². The van der Waals surface area contributed by atoms with E-state index in [9.17, 15) is 14.4 Å². The van der Waals surface area contributed by atoms with E-state index in [0.717, 1.165) is 10.5 Å². The van der Waals surface area contributed by atoms with Crippen LogP contribution in [-0.4, -0.2) is 23.0 Å². The summed E-state index contributed by atoms with van der Waals surface area (Å²) in [4.78, 5) is 40.2. The summed E-state index contributed by atoms with van der Waals surface area (Å²) >= 11 is 7.29. The van der Waals surface area contributed by atoms with Crippen molar-refractivity contribution in [3.63, 3.8) is 0 Å². The number of amides is 3. The molecule has 3 N–H and O–H groups in total. The van der Waals surface area contributed by atoms with Gasteiger partial charge in [-0.3, -0.25) is 14.4 Å². The zero-order valence-corrected chi connectivity index (χ0v) is 27.1. The molecule has 0 heterocycles. The maximum absolute atomic E-state index is 13.6. The molecule has 0 saturated carbocycles. The van der Waals surface area contributed by atoms with Crippen LogP contribution in [0.1, 0.15) is 28.4 Å². The van der Waals surface area contributed by atoms with Crippen LogP contribution < -0.4 is 20.7 Å². The first kappa shape index (κ1) is 33.1. The number of rotatable bonds is 12. The minimum atomic E-state index is -0.505. The van der Waals surface area contributed by atoms with Gasteiger partial charge in [0.05, 0.1) is 5.25 Å². The molecule has 1 unspecified atom stereocenters. The lowest BCUT2D eigenvalue weighted by Crippen LogP contribution is -2.30. The number of halogens is 1. The van der Waals surface area contributed by atoms with Crippen LogP contribution in [0.5, 0.6) is 5.75 Å². The SMILES string of the molecule is CC(Sc1cccc(NC(=O)/C(=C/c2ccc(OCc3ccccc3)cc2)NC(=O)c2ccccc2)c1)C(=O)Nc1ccc(Cl)cc1. The van der Waals surface area contributed by atoms with Crippen molar-refractivity contribution in [3.8, 4) is 5.75 Å². The first-order valence-corrected chi connectivity index (χ1v) is 16.1. The fourth-order valence-corrected chi connectivity index (χ4v) is 5.44. The van der Waals surface area contributed by atoms with Crippen molar-refractivity contribution in [1.29, 1.82) is 0 Å². The van der Waals surface area contributed by atoms with Gasteiger partial charge in [0.25, 0.3) is 11.8 Å². The van der Waals surface area contributed by atoms with Crippen LogP contribution in [0.3, 0.4) is 0 Å². The molecule has 5 aromatic carbocycles. The summed E-state index contributed by atoms with van der Waals surface area (Å²) in [7, 11) is 0. The maximum atomic E-state index is 13.6. The van der Waals surface area contributed by atoms with Crippen molar-refractivity contribution >= 4 is 58.5 Å². The van der Waals surface area contributed by atoms with Gasteiger partial charge < -0.3 is 20.7 Å². The molecule has 0 fully saturated rings. The van der Waals surface area contributed by atoms with E-state index >= 15 is 0 Å². The lowest BCUT2D eigenvalue weighted by molar-refractivity contribution is -0.115. The minimum absolute atomic E-state index is 0.0607. The van der Waals surface area contributed by atoms with E-state index in [4.69, 9.17) is 16.3 Å². The second kappa shape index (κ2) is 16.3. The van der Waals surface area contributed by atoms with Gasteiger partial charge in [-0.05, 0) is 90.9 Å². The second-order valence-electron chi connectivity index (χ2n) is 10.5. The van der Waals surface area contributed by atoms with Gasteiger partial charge in [-0.15, -0.1) is 11.8 Å². The molecule has 5 rings (SSSR count). The van der Waals surface area contributed by atoms with Gasteiger partial charge in [0.2, 0.25) is 5.91 Å². The van der Waals surface area contributed by atoms with Crippen LogP contribution in [0.25, 0.3) is 6.08 Å². The number of hydrogen-bond acceptors (Lipinski definition) is 5. The van der Waals surface area contributed by atoms with Gasteiger partial charge in [-0.2, -0.15) is 0 Å². The third-order valence-electron chi connectivity index (χ3n) is 6.85. The second-order valence-corrected chi connectivity index (χ2v) is 12.3. The molecule has 0 bridgehead atoms. The smallest absolute Gasteiger partial charge is 0.272 e. The molecule has 0 aliphatic carbocycles. The van der Waals surface area contributed by atoms with Gasteiger partial charge >= 0.3 is 0 Å². The van der Waals surface area contributed by atoms with E-state index in [2.05, 4.69) is 16.0 Å². The van der Waals surface area contributed by atoms with Crippen LogP contribution >= 0.6 is 23.4 Å². The Morgan fingerprint density at radius 1 is 0.766 bits per heavy atom. The number of carbonyl (C=O) groups excluding carboxylic acids is 3. The molecule has 1 atom stereocenters. The first-order valence-electron chi connectivity index (χ1n) is 14.8. The normalized spacial score (nSPS) is 11.7. The number of ether oxygens (including phenoxy) is 1. The quantitative estimate of drug-likeness (QED) is 0.0921. The third kappa shape index (κ3) is 10.1. The largest absolute Gasteiger partial charge is 0.489 e. The number of nitrogens with one attached hydrogen (secondary N) is 3. The minimum Gasteiger partial charge on any atom is -0.489 e. The van der Waals surface area contributed by atoms with E-state index in [1.807, 2.05) is 66.7 Å². The molecule has 0 spiro atoms. The highest BCUT2D eigenvalue weighted by atomic mass is 35.5. The Kier molecular flexibility index (Phi) is 11.5. The summed E-state index contributed by atoms with van der Waals surface area (Å²) in [5.41, 5.74) is 3.39. The van der Waals surface area contributed by atoms with Crippen LogP contribution in [0.2, 0.25) is 5.02 Å². The topological polar surface area (TPSA) is 96.5 Å². The molecule has 0 aliphatic heterocycles. The Morgan fingerprint density at radius 2 is 1.45 bits per heavy atom. The molecule has 0 aliphatic rings. The Balaban J connectivity index is 1.28. The fourth-order valence-electron chi connectivity index (χ4n) is 4.39. The Morgan fingerprint density at radius 3 is 2.15 bits per heavy atom. The summed E-state index contributed by atoms with van der Waals surface area (Å²) in [5.74, 6) is -0.415. The summed E-state index contributed by atoms with van der Waals surface area (Å²) in [6.45, 7) is 2.24. The predicted octanol–water partition coefficient (Wildman–Crippen LogP) is 8.45. The summed E-state index contributed by atoms with van der Waals surface area (Å²) < 4.78 is 5.89. The average molecular weight is 662 g/mol. The lowest BCUT2D eigenvalue weighted by atomic mass is 10.1. The Labute approximate surface area is 283 Å². The molecular weight excluding hydrogens is 630 g/mol. The van der Waals surface area contributed by atoms with Crippen LogP contribution in [0, 0.1) is 0 Å². The van der Waals surface area contributed by atoms with E-state index in [-0.39, 0.29) is 11.6 Å².